The molecule has 0 saturated carbocycles. The van der Waals surface area contributed by atoms with Crippen molar-refractivity contribution in [1.82, 2.24) is 0 Å². The number of hydrogen-bond acceptors (Lipinski definition) is 3. The summed E-state index contributed by atoms with van der Waals surface area (Å²) in [6.45, 7) is 11.8. The Bertz CT molecular complexity index is 515. The minimum absolute atomic E-state index is 0.111. The van der Waals surface area contributed by atoms with Crippen molar-refractivity contribution in [2.24, 2.45) is 0 Å². The van der Waals surface area contributed by atoms with Gasteiger partial charge in [0.15, 0.2) is 0 Å². The molecule has 1 rings (SSSR count). The summed E-state index contributed by atoms with van der Waals surface area (Å²) in [6.07, 6.45) is 0. The van der Waals surface area contributed by atoms with Gasteiger partial charge in [-0.05, 0) is 48.4 Å². The zero-order chi connectivity index (χ0) is 15.7. The number of aryl methyl sites for hydroxylation is 1. The Hall–Kier alpha value is -1.16. The Balaban J connectivity index is 3.12. The van der Waals surface area contributed by atoms with Crippen LogP contribution in [0.1, 0.15) is 49.9 Å². The predicted molar refractivity (Wildman–Crippen MR) is 84.7 cm³/mol. The van der Waals surface area contributed by atoms with Crippen molar-refractivity contribution < 1.29 is 15.0 Å². The average Bonchev–Trinajstić information content (AvgIpc) is 2.31. The third-order valence-electron chi connectivity index (χ3n) is 3.53. The number of aliphatic carboxylic acids is 1. The van der Waals surface area contributed by atoms with Crippen LogP contribution in [0, 0.1) is 13.8 Å². The summed E-state index contributed by atoms with van der Waals surface area (Å²) >= 11 is 1.38. The van der Waals surface area contributed by atoms with Crippen LogP contribution >= 0.6 is 11.8 Å². The van der Waals surface area contributed by atoms with E-state index in [1.54, 1.807) is 6.92 Å². The Morgan fingerprint density at radius 1 is 1.35 bits per heavy atom. The van der Waals surface area contributed by atoms with Gasteiger partial charge in [-0.2, -0.15) is 0 Å². The maximum atomic E-state index is 10.9. The number of phenolic OH excluding ortho intramolecular Hbond substituents is 1. The molecule has 112 valence electrons. The van der Waals surface area contributed by atoms with E-state index >= 15 is 0 Å². The Labute approximate surface area is 125 Å². The monoisotopic (exact) mass is 296 g/mol. The maximum Gasteiger partial charge on any atom is 0.316 e. The third-order valence-corrected chi connectivity index (χ3v) is 4.69. The number of hydrogen-bond donors (Lipinski definition) is 2. The van der Waals surface area contributed by atoms with E-state index in [0.29, 0.717) is 11.5 Å². The van der Waals surface area contributed by atoms with Crippen LogP contribution in [0.3, 0.4) is 0 Å². The summed E-state index contributed by atoms with van der Waals surface area (Å²) in [4.78, 5) is 10.9. The van der Waals surface area contributed by atoms with E-state index in [1.807, 2.05) is 19.9 Å². The van der Waals surface area contributed by atoms with E-state index in [2.05, 4.69) is 20.8 Å². The van der Waals surface area contributed by atoms with Gasteiger partial charge in [0.05, 0.1) is 5.25 Å². The highest BCUT2D eigenvalue weighted by atomic mass is 32.2. The second-order valence-electron chi connectivity index (χ2n) is 6.23. The van der Waals surface area contributed by atoms with E-state index in [0.717, 1.165) is 22.3 Å². The van der Waals surface area contributed by atoms with Gasteiger partial charge in [-0.1, -0.05) is 26.8 Å². The van der Waals surface area contributed by atoms with E-state index < -0.39 is 11.2 Å². The van der Waals surface area contributed by atoms with E-state index in [9.17, 15) is 9.90 Å². The highest BCUT2D eigenvalue weighted by Crippen LogP contribution is 2.37. The lowest BCUT2D eigenvalue weighted by Gasteiger charge is -2.24. The van der Waals surface area contributed by atoms with Crippen LogP contribution in [0.25, 0.3) is 0 Å². The highest BCUT2D eigenvalue weighted by molar-refractivity contribution is 7.99. The predicted octanol–water partition coefficient (Wildman–Crippen LogP) is 4.01. The first-order valence-electron chi connectivity index (χ1n) is 6.72. The normalized spacial score (nSPS) is 13.3. The first kappa shape index (κ1) is 16.9. The molecule has 0 radical (unpaired) electrons. The van der Waals surface area contributed by atoms with E-state index in [-0.39, 0.29) is 5.41 Å². The SMILES string of the molecule is Cc1cc(C(C)(C)C)c(O)c(C)c1CSC(C)C(=O)O. The molecule has 1 aromatic rings. The number of benzene rings is 1. The number of aromatic hydroxyl groups is 1. The largest absolute Gasteiger partial charge is 0.507 e. The Morgan fingerprint density at radius 2 is 1.90 bits per heavy atom. The minimum Gasteiger partial charge on any atom is -0.507 e. The molecule has 0 fully saturated rings. The van der Waals surface area contributed by atoms with Gasteiger partial charge in [-0.25, -0.2) is 0 Å². The molecule has 4 heteroatoms. The lowest BCUT2D eigenvalue weighted by atomic mass is 9.83. The summed E-state index contributed by atoms with van der Waals surface area (Å²) in [5, 5.41) is 18.9. The molecule has 0 heterocycles. The van der Waals surface area contributed by atoms with Crippen LogP contribution < -0.4 is 0 Å². The smallest absolute Gasteiger partial charge is 0.316 e. The zero-order valence-electron chi connectivity index (χ0n) is 13.1. The molecule has 0 amide bonds. The molecular weight excluding hydrogens is 272 g/mol. The molecule has 0 aliphatic rings. The fraction of sp³-hybridized carbons (Fsp3) is 0.562. The molecule has 2 N–H and O–H groups in total. The van der Waals surface area contributed by atoms with Gasteiger partial charge in [0.25, 0.3) is 0 Å². The number of phenols is 1. The zero-order valence-corrected chi connectivity index (χ0v) is 13.9. The summed E-state index contributed by atoms with van der Waals surface area (Å²) in [7, 11) is 0. The van der Waals surface area contributed by atoms with Gasteiger partial charge >= 0.3 is 5.97 Å². The first-order valence-corrected chi connectivity index (χ1v) is 7.77. The van der Waals surface area contributed by atoms with Crippen LogP contribution in [0.4, 0.5) is 0 Å². The quantitative estimate of drug-likeness (QED) is 0.881. The second-order valence-corrected chi connectivity index (χ2v) is 7.56. The topological polar surface area (TPSA) is 57.5 Å². The van der Waals surface area contributed by atoms with Crippen molar-refractivity contribution in [3.63, 3.8) is 0 Å². The molecule has 0 saturated heterocycles. The summed E-state index contributed by atoms with van der Waals surface area (Å²) in [5.74, 6) is 0.130. The van der Waals surface area contributed by atoms with Gasteiger partial charge in [0, 0.05) is 5.75 Å². The number of thioether (sulfide) groups is 1. The number of carboxylic acid groups (broad SMARTS) is 1. The molecule has 1 aromatic carbocycles. The fourth-order valence-corrected chi connectivity index (χ4v) is 3.09. The van der Waals surface area contributed by atoms with E-state index in [1.165, 1.54) is 11.8 Å². The van der Waals surface area contributed by atoms with Crippen molar-refractivity contribution in [3.8, 4) is 5.75 Å². The van der Waals surface area contributed by atoms with Crippen LogP contribution in [-0.4, -0.2) is 21.4 Å². The molecule has 0 aliphatic heterocycles. The molecule has 1 atom stereocenters. The van der Waals surface area contributed by atoms with Gasteiger partial charge in [-0.3, -0.25) is 4.79 Å². The standard InChI is InChI=1S/C16H24O3S/c1-9-7-13(16(4,5)6)14(17)10(2)12(9)8-20-11(3)15(18)19/h7,11,17H,8H2,1-6H3,(H,18,19). The lowest BCUT2D eigenvalue weighted by Crippen LogP contribution is -2.14. The summed E-state index contributed by atoms with van der Waals surface area (Å²) < 4.78 is 0. The van der Waals surface area contributed by atoms with Gasteiger partial charge < -0.3 is 10.2 Å². The van der Waals surface area contributed by atoms with Crippen molar-refractivity contribution in [2.75, 3.05) is 0 Å². The van der Waals surface area contributed by atoms with E-state index in [4.69, 9.17) is 5.11 Å². The van der Waals surface area contributed by atoms with Crippen molar-refractivity contribution in [3.05, 3.63) is 28.3 Å². The molecule has 0 spiro atoms. The van der Waals surface area contributed by atoms with Crippen LogP contribution in [0.2, 0.25) is 0 Å². The average molecular weight is 296 g/mol. The molecule has 0 bridgehead atoms. The number of carbonyl (C=O) groups is 1. The molecule has 0 aromatic heterocycles. The molecule has 0 aliphatic carbocycles. The summed E-state index contributed by atoms with van der Waals surface area (Å²) in [5.41, 5.74) is 3.83. The minimum atomic E-state index is -0.805. The molecule has 20 heavy (non-hydrogen) atoms. The van der Waals surface area contributed by atoms with Gasteiger partial charge in [-0.15, -0.1) is 11.8 Å². The van der Waals surface area contributed by atoms with Crippen molar-refractivity contribution in [2.45, 2.75) is 58.0 Å². The fourth-order valence-electron chi connectivity index (χ4n) is 2.09. The molecular formula is C16H24O3S. The van der Waals surface area contributed by atoms with Crippen molar-refractivity contribution >= 4 is 17.7 Å². The Kier molecular flexibility index (Phi) is 5.14. The lowest BCUT2D eigenvalue weighted by molar-refractivity contribution is -0.136. The van der Waals surface area contributed by atoms with Crippen molar-refractivity contribution in [1.29, 1.82) is 0 Å². The highest BCUT2D eigenvalue weighted by Gasteiger charge is 2.22. The molecule has 3 nitrogen and oxygen atoms in total. The van der Waals surface area contributed by atoms with Gasteiger partial charge in [0.2, 0.25) is 0 Å². The van der Waals surface area contributed by atoms with Crippen LogP contribution in [0.5, 0.6) is 5.75 Å². The Morgan fingerprint density at radius 3 is 2.35 bits per heavy atom. The molecule has 1 unspecified atom stereocenters. The van der Waals surface area contributed by atoms with Crippen LogP contribution in [0.15, 0.2) is 6.07 Å². The van der Waals surface area contributed by atoms with Crippen LogP contribution in [-0.2, 0) is 16.0 Å². The first-order chi connectivity index (χ1) is 9.05. The maximum absolute atomic E-state index is 10.9. The second kappa shape index (κ2) is 6.08. The summed E-state index contributed by atoms with van der Waals surface area (Å²) in [6, 6.07) is 2.02. The van der Waals surface area contributed by atoms with Gasteiger partial charge in [0.1, 0.15) is 5.75 Å². The number of carboxylic acids is 1. The number of rotatable bonds is 4. The third kappa shape index (κ3) is 3.69.